The molecule has 1 aliphatic carbocycles. The number of carbonyl (C=O) groups is 2. The number of β-lactam (4-membered cyclic amide) rings is 1. The summed E-state index contributed by atoms with van der Waals surface area (Å²) in [5.74, 6) is 0.587. The molecule has 1 unspecified atom stereocenters. The van der Waals surface area contributed by atoms with Crippen molar-refractivity contribution in [3.8, 4) is 5.75 Å². The number of methoxy groups -OCH3 is 1. The lowest BCUT2D eigenvalue weighted by Gasteiger charge is -2.49. The van der Waals surface area contributed by atoms with Crippen molar-refractivity contribution in [2.45, 2.75) is 63.5 Å². The van der Waals surface area contributed by atoms with Gasteiger partial charge in [0.15, 0.2) is 5.54 Å². The molecular weight excluding hydrogens is 400 g/mol. The third-order valence-electron chi connectivity index (χ3n) is 6.68. The zero-order valence-electron chi connectivity index (χ0n) is 19.0. The number of anilines is 1. The van der Waals surface area contributed by atoms with Crippen LogP contribution in [0.4, 0.5) is 5.69 Å². The topological polar surface area (TPSA) is 58.6 Å². The molecule has 1 aliphatic heterocycles. The second-order valence-corrected chi connectivity index (χ2v) is 8.73. The Bertz CT molecular complexity index is 992. The fourth-order valence-electron chi connectivity index (χ4n) is 4.76. The Morgan fingerprint density at radius 3 is 2.50 bits per heavy atom. The van der Waals surface area contributed by atoms with Crippen molar-refractivity contribution in [3.63, 3.8) is 0 Å². The van der Waals surface area contributed by atoms with Gasteiger partial charge < -0.3 is 10.1 Å². The summed E-state index contributed by atoms with van der Waals surface area (Å²) < 4.78 is 5.47. The molecule has 0 spiro atoms. The monoisotopic (exact) mass is 432 g/mol. The van der Waals surface area contributed by atoms with Crippen molar-refractivity contribution in [1.29, 1.82) is 0 Å². The number of ether oxygens (including phenoxy) is 1. The third-order valence-corrected chi connectivity index (χ3v) is 6.68. The lowest BCUT2D eigenvalue weighted by molar-refractivity contribution is -0.137. The third kappa shape index (κ3) is 4.29. The molecule has 1 saturated carbocycles. The summed E-state index contributed by atoms with van der Waals surface area (Å²) in [7, 11) is 1.63. The van der Waals surface area contributed by atoms with Crippen molar-refractivity contribution in [2.75, 3.05) is 12.0 Å². The van der Waals surface area contributed by atoms with Gasteiger partial charge in [0.1, 0.15) is 5.75 Å². The zero-order valence-corrected chi connectivity index (χ0v) is 19.0. The lowest BCUT2D eigenvalue weighted by Crippen LogP contribution is -2.70. The number of benzene rings is 2. The molecule has 2 fully saturated rings. The van der Waals surface area contributed by atoms with Crippen molar-refractivity contribution in [3.05, 3.63) is 65.7 Å². The SMILES string of the molecule is CCc1ccc(N2C(=O)CC2(C=Cc2ccccc2OC)C(=O)NC2CCCCC2)cc1. The van der Waals surface area contributed by atoms with Gasteiger partial charge in [0.05, 0.1) is 13.5 Å². The summed E-state index contributed by atoms with van der Waals surface area (Å²) in [5, 5.41) is 3.25. The molecule has 0 radical (unpaired) electrons. The van der Waals surface area contributed by atoms with Crippen molar-refractivity contribution in [2.24, 2.45) is 0 Å². The van der Waals surface area contributed by atoms with Crippen molar-refractivity contribution >= 4 is 23.6 Å². The van der Waals surface area contributed by atoms with Gasteiger partial charge in [-0.3, -0.25) is 14.5 Å². The number of nitrogens with zero attached hydrogens (tertiary/aromatic N) is 1. The van der Waals surface area contributed by atoms with E-state index in [4.69, 9.17) is 4.74 Å². The molecule has 2 aliphatic rings. The van der Waals surface area contributed by atoms with Gasteiger partial charge in [-0.2, -0.15) is 0 Å². The van der Waals surface area contributed by atoms with Gasteiger partial charge in [-0.15, -0.1) is 0 Å². The van der Waals surface area contributed by atoms with E-state index in [1.54, 1.807) is 12.0 Å². The highest BCUT2D eigenvalue weighted by atomic mass is 16.5. The first-order valence-corrected chi connectivity index (χ1v) is 11.6. The molecule has 1 atom stereocenters. The molecule has 1 heterocycles. The van der Waals surface area contributed by atoms with Crippen LogP contribution < -0.4 is 15.0 Å². The smallest absolute Gasteiger partial charge is 0.251 e. The number of amides is 2. The van der Waals surface area contributed by atoms with Crippen molar-refractivity contribution in [1.82, 2.24) is 5.32 Å². The van der Waals surface area contributed by atoms with Crippen LogP contribution in [0.15, 0.2) is 54.6 Å². The number of nitrogens with one attached hydrogen (secondary N) is 1. The summed E-state index contributed by atoms with van der Waals surface area (Å²) in [5.41, 5.74) is 1.79. The Hall–Kier alpha value is -3.08. The van der Waals surface area contributed by atoms with Crippen molar-refractivity contribution < 1.29 is 14.3 Å². The lowest BCUT2D eigenvalue weighted by atomic mass is 9.80. The van der Waals surface area contributed by atoms with Gasteiger partial charge in [-0.1, -0.05) is 62.6 Å². The van der Waals surface area contributed by atoms with Gasteiger partial charge >= 0.3 is 0 Å². The molecule has 0 bridgehead atoms. The van der Waals surface area contributed by atoms with Crippen LogP contribution in [0.25, 0.3) is 6.08 Å². The Morgan fingerprint density at radius 1 is 1.12 bits per heavy atom. The van der Waals surface area contributed by atoms with E-state index in [1.165, 1.54) is 12.0 Å². The number of hydrogen-bond acceptors (Lipinski definition) is 3. The van der Waals surface area contributed by atoms with Crippen LogP contribution in [0.2, 0.25) is 0 Å². The average Bonchev–Trinajstić information content (AvgIpc) is 2.82. The Labute approximate surface area is 190 Å². The number of carbonyl (C=O) groups excluding carboxylic acids is 2. The zero-order chi connectivity index (χ0) is 22.6. The van der Waals surface area contributed by atoms with Crippen LogP contribution in [0.5, 0.6) is 5.75 Å². The van der Waals surface area contributed by atoms with Crippen LogP contribution in [0, 0.1) is 0 Å². The average molecular weight is 433 g/mol. The van der Waals surface area contributed by atoms with Gasteiger partial charge in [-0.05, 0) is 49.1 Å². The van der Waals surface area contributed by atoms with E-state index in [0.29, 0.717) is 0 Å². The van der Waals surface area contributed by atoms with Gasteiger partial charge in [0, 0.05) is 17.3 Å². The molecule has 1 N–H and O–H groups in total. The summed E-state index contributed by atoms with van der Waals surface area (Å²) in [6.07, 6.45) is 10.3. The minimum Gasteiger partial charge on any atom is -0.496 e. The first-order chi connectivity index (χ1) is 15.6. The minimum absolute atomic E-state index is 0.0438. The molecule has 32 heavy (non-hydrogen) atoms. The van der Waals surface area contributed by atoms with Gasteiger partial charge in [0.25, 0.3) is 5.91 Å². The van der Waals surface area contributed by atoms with E-state index in [2.05, 4.69) is 12.2 Å². The molecule has 5 heteroatoms. The number of para-hydroxylation sites is 1. The van der Waals surface area contributed by atoms with Crippen LogP contribution in [-0.2, 0) is 16.0 Å². The second-order valence-electron chi connectivity index (χ2n) is 8.73. The van der Waals surface area contributed by atoms with E-state index in [-0.39, 0.29) is 24.3 Å². The fourth-order valence-corrected chi connectivity index (χ4v) is 4.76. The van der Waals surface area contributed by atoms with Crippen LogP contribution in [-0.4, -0.2) is 30.5 Å². The summed E-state index contributed by atoms with van der Waals surface area (Å²) in [6, 6.07) is 15.8. The highest BCUT2D eigenvalue weighted by molar-refractivity contribution is 6.15. The van der Waals surface area contributed by atoms with E-state index in [0.717, 1.165) is 49.1 Å². The maximum Gasteiger partial charge on any atom is 0.251 e. The first-order valence-electron chi connectivity index (χ1n) is 11.6. The summed E-state index contributed by atoms with van der Waals surface area (Å²) in [6.45, 7) is 2.10. The molecule has 0 aromatic heterocycles. The molecule has 4 rings (SSSR count). The van der Waals surface area contributed by atoms with Crippen LogP contribution in [0.3, 0.4) is 0 Å². The molecule has 5 nitrogen and oxygen atoms in total. The largest absolute Gasteiger partial charge is 0.496 e. The molecule has 1 saturated heterocycles. The summed E-state index contributed by atoms with van der Waals surface area (Å²) >= 11 is 0. The molecular formula is C27H32N2O3. The highest BCUT2D eigenvalue weighted by Gasteiger charge is 2.55. The predicted molar refractivity (Wildman–Crippen MR) is 128 cm³/mol. The minimum atomic E-state index is -1.04. The number of rotatable bonds is 7. The Morgan fingerprint density at radius 2 is 1.84 bits per heavy atom. The molecule has 2 aromatic carbocycles. The first kappa shape index (κ1) is 22.1. The molecule has 168 valence electrons. The molecule has 2 amide bonds. The van der Waals surface area contributed by atoms with E-state index >= 15 is 0 Å². The Balaban J connectivity index is 1.69. The van der Waals surface area contributed by atoms with Crippen LogP contribution >= 0.6 is 0 Å². The summed E-state index contributed by atoms with van der Waals surface area (Å²) in [4.78, 5) is 28.1. The normalized spacial score (nSPS) is 21.4. The maximum atomic E-state index is 13.7. The fraction of sp³-hybridized carbons (Fsp3) is 0.407. The standard InChI is InChI=1S/C27H32N2O3/c1-3-20-13-15-23(16-14-20)29-25(30)19-27(29,26(31)28-22-10-5-4-6-11-22)18-17-21-9-7-8-12-24(21)32-2/h7-9,12-18,22H,3-6,10-11,19H2,1-2H3,(H,28,31). The van der Waals surface area contributed by atoms with E-state index in [1.807, 2.05) is 60.7 Å². The van der Waals surface area contributed by atoms with E-state index < -0.39 is 5.54 Å². The Kier molecular flexibility index (Phi) is 6.63. The van der Waals surface area contributed by atoms with Crippen LogP contribution in [0.1, 0.15) is 56.6 Å². The number of aryl methyl sites for hydroxylation is 1. The number of hydrogen-bond donors (Lipinski definition) is 1. The van der Waals surface area contributed by atoms with Gasteiger partial charge in [-0.25, -0.2) is 0 Å². The molecule has 2 aromatic rings. The second kappa shape index (κ2) is 9.60. The highest BCUT2D eigenvalue weighted by Crippen LogP contribution is 2.40. The van der Waals surface area contributed by atoms with E-state index in [9.17, 15) is 9.59 Å². The quantitative estimate of drug-likeness (QED) is 0.634. The maximum absolute atomic E-state index is 13.7. The van der Waals surface area contributed by atoms with Gasteiger partial charge in [0.2, 0.25) is 5.91 Å². The predicted octanol–water partition coefficient (Wildman–Crippen LogP) is 4.90.